The maximum Gasteiger partial charge on any atom is 0.414 e. The molecular formula is C8H18O4Si. The highest BCUT2D eigenvalue weighted by Crippen LogP contribution is 1.92. The molecule has 78 valence electrons. The summed E-state index contributed by atoms with van der Waals surface area (Å²) >= 11 is 0. The van der Waals surface area contributed by atoms with Crippen LogP contribution in [0.4, 0.5) is 0 Å². The van der Waals surface area contributed by atoms with Crippen LogP contribution in [0, 0.1) is 0 Å². The van der Waals surface area contributed by atoms with Crippen molar-refractivity contribution in [2.75, 3.05) is 0 Å². The van der Waals surface area contributed by atoms with Gasteiger partial charge in [0.1, 0.15) is 0 Å². The molecule has 0 amide bonds. The van der Waals surface area contributed by atoms with Gasteiger partial charge in [-0.05, 0) is 0 Å². The van der Waals surface area contributed by atoms with E-state index in [9.17, 15) is 0 Å². The summed E-state index contributed by atoms with van der Waals surface area (Å²) in [5.41, 5.74) is 0. The van der Waals surface area contributed by atoms with Gasteiger partial charge < -0.3 is 10.2 Å². The van der Waals surface area contributed by atoms with Crippen molar-refractivity contribution in [1.82, 2.24) is 0 Å². The third-order valence-corrected chi connectivity index (χ3v) is 3.80. The van der Waals surface area contributed by atoms with E-state index in [2.05, 4.69) is 13.8 Å². The lowest BCUT2D eigenvalue weighted by molar-refractivity contribution is -0.159. The van der Waals surface area contributed by atoms with Crippen molar-refractivity contribution in [3.8, 4) is 0 Å². The lowest BCUT2D eigenvalue weighted by Crippen LogP contribution is -2.09. The molecule has 0 bridgehead atoms. The van der Waals surface area contributed by atoms with E-state index in [1.165, 1.54) is 12.8 Å². The van der Waals surface area contributed by atoms with Crippen LogP contribution in [0.15, 0.2) is 0 Å². The minimum absolute atomic E-state index is 0.411. The van der Waals surface area contributed by atoms with Crippen LogP contribution in [0.5, 0.6) is 0 Å². The summed E-state index contributed by atoms with van der Waals surface area (Å²) in [4.78, 5) is 18.2. The molecule has 5 heteroatoms. The molecule has 13 heavy (non-hydrogen) atoms. The van der Waals surface area contributed by atoms with E-state index in [0.29, 0.717) is 9.52 Å². The van der Waals surface area contributed by atoms with Crippen LogP contribution in [0.1, 0.15) is 26.7 Å². The summed E-state index contributed by atoms with van der Waals surface area (Å²) in [6, 6.07) is 3.13. The van der Waals surface area contributed by atoms with Gasteiger partial charge in [0.2, 0.25) is 0 Å². The van der Waals surface area contributed by atoms with Crippen LogP contribution < -0.4 is 0 Å². The first kappa shape index (κ1) is 14.7. The van der Waals surface area contributed by atoms with Crippen LogP contribution in [0.25, 0.3) is 0 Å². The highest BCUT2D eigenvalue weighted by atomic mass is 28.2. The number of carboxylic acid groups (broad SMARTS) is 2. The van der Waals surface area contributed by atoms with Gasteiger partial charge in [-0.2, -0.15) is 0 Å². The fraction of sp³-hybridized carbons (Fsp3) is 0.750. The Morgan fingerprint density at radius 3 is 1.46 bits per heavy atom. The molecule has 0 unspecified atom stereocenters. The van der Waals surface area contributed by atoms with Gasteiger partial charge in [0.15, 0.2) is 0 Å². The third kappa shape index (κ3) is 18.3. The Labute approximate surface area is 80.8 Å². The van der Waals surface area contributed by atoms with E-state index in [1.54, 1.807) is 12.1 Å². The molecule has 2 N–H and O–H groups in total. The summed E-state index contributed by atoms with van der Waals surface area (Å²) in [6.07, 6.45) is 2.85. The number of rotatable bonds is 4. The molecule has 0 atom stereocenters. The molecule has 0 radical (unpaired) electrons. The van der Waals surface area contributed by atoms with Gasteiger partial charge in [-0.1, -0.05) is 38.8 Å². The van der Waals surface area contributed by atoms with Gasteiger partial charge in [0.05, 0.1) is 0 Å². The molecule has 4 nitrogen and oxygen atoms in total. The predicted molar refractivity (Wildman–Crippen MR) is 54.0 cm³/mol. The molecule has 0 saturated carbocycles. The molecule has 0 fully saturated rings. The minimum atomic E-state index is -1.82. The zero-order valence-corrected chi connectivity index (χ0v) is 9.66. The number of carbonyl (C=O) groups is 2. The second-order valence-electron chi connectivity index (χ2n) is 2.67. The Kier molecular flexibility index (Phi) is 12.6. The first-order chi connectivity index (χ1) is 6.06. The van der Waals surface area contributed by atoms with Gasteiger partial charge in [0, 0.05) is 9.52 Å². The van der Waals surface area contributed by atoms with Crippen molar-refractivity contribution in [3.05, 3.63) is 0 Å². The average Bonchev–Trinajstić information content (AvgIpc) is 2.06. The second kappa shape index (κ2) is 11.2. The molecule has 0 saturated heterocycles. The van der Waals surface area contributed by atoms with Crippen molar-refractivity contribution in [2.45, 2.75) is 38.8 Å². The number of hydrogen-bond donors (Lipinski definition) is 2. The Bertz CT molecular complexity index is 131. The van der Waals surface area contributed by atoms with Gasteiger partial charge in [-0.15, -0.1) is 0 Å². The summed E-state index contributed by atoms with van der Waals surface area (Å²) < 4.78 is 0. The third-order valence-electron chi connectivity index (χ3n) is 1.39. The molecular weight excluding hydrogens is 188 g/mol. The smallest absolute Gasteiger partial charge is 0.414 e. The number of aliphatic carboxylic acids is 2. The first-order valence-electron chi connectivity index (χ1n) is 4.52. The summed E-state index contributed by atoms with van der Waals surface area (Å²) in [7, 11) is 0.411. The van der Waals surface area contributed by atoms with E-state index in [4.69, 9.17) is 19.8 Å². The maximum atomic E-state index is 9.10. The molecule has 0 aliphatic rings. The molecule has 0 aromatic rings. The lowest BCUT2D eigenvalue weighted by Gasteiger charge is -1.89. The fourth-order valence-corrected chi connectivity index (χ4v) is 2.03. The van der Waals surface area contributed by atoms with Crippen molar-refractivity contribution in [2.24, 2.45) is 0 Å². The van der Waals surface area contributed by atoms with E-state index in [0.717, 1.165) is 0 Å². The van der Waals surface area contributed by atoms with Crippen LogP contribution in [-0.4, -0.2) is 31.7 Å². The Morgan fingerprint density at radius 1 is 1.00 bits per heavy atom. The van der Waals surface area contributed by atoms with Gasteiger partial charge >= 0.3 is 11.9 Å². The standard InChI is InChI=1S/C6H16Si.C2H2O4/c1-3-5-7-6-4-2;3-1(4)2(5)6/h3-7H2,1-2H3;(H,3,4)(H,5,6). The molecule has 0 aliphatic heterocycles. The number of hydrogen-bond acceptors (Lipinski definition) is 2. The summed E-state index contributed by atoms with van der Waals surface area (Å²) in [6.45, 7) is 4.56. The lowest BCUT2D eigenvalue weighted by atomic mass is 10.6. The predicted octanol–water partition coefficient (Wildman–Crippen LogP) is 0.967. The first-order valence-corrected chi connectivity index (χ1v) is 6.52. The molecule has 0 aromatic heterocycles. The van der Waals surface area contributed by atoms with Crippen molar-refractivity contribution in [1.29, 1.82) is 0 Å². The molecule has 0 aromatic carbocycles. The molecule has 0 rings (SSSR count). The van der Waals surface area contributed by atoms with E-state index in [-0.39, 0.29) is 0 Å². The van der Waals surface area contributed by atoms with E-state index < -0.39 is 11.9 Å². The summed E-state index contributed by atoms with van der Waals surface area (Å²) in [5, 5.41) is 14.8. The SMILES string of the molecule is CCC[SiH2]CCC.O=C(O)C(=O)O. The van der Waals surface area contributed by atoms with Crippen LogP contribution in [0.2, 0.25) is 12.1 Å². The maximum absolute atomic E-state index is 9.10. The Hall–Kier alpha value is -0.843. The normalized spacial score (nSPS) is 8.46. The Balaban J connectivity index is 0. The van der Waals surface area contributed by atoms with E-state index in [1.807, 2.05) is 0 Å². The van der Waals surface area contributed by atoms with Crippen LogP contribution in [-0.2, 0) is 9.59 Å². The topological polar surface area (TPSA) is 74.6 Å². The second-order valence-corrected chi connectivity index (χ2v) is 4.79. The minimum Gasteiger partial charge on any atom is -0.473 e. The Morgan fingerprint density at radius 2 is 1.31 bits per heavy atom. The zero-order valence-electron chi connectivity index (χ0n) is 8.25. The van der Waals surface area contributed by atoms with Gasteiger partial charge in [-0.3, -0.25) is 0 Å². The largest absolute Gasteiger partial charge is 0.473 e. The fourth-order valence-electron chi connectivity index (χ4n) is 0.677. The molecule has 0 heterocycles. The van der Waals surface area contributed by atoms with E-state index >= 15 is 0 Å². The molecule has 0 spiro atoms. The van der Waals surface area contributed by atoms with Gasteiger partial charge in [0.25, 0.3) is 0 Å². The average molecular weight is 206 g/mol. The van der Waals surface area contributed by atoms with Crippen molar-refractivity contribution < 1.29 is 19.8 Å². The highest BCUT2D eigenvalue weighted by molar-refractivity contribution is 6.35. The highest BCUT2D eigenvalue weighted by Gasteiger charge is 2.04. The van der Waals surface area contributed by atoms with Crippen LogP contribution in [0.3, 0.4) is 0 Å². The van der Waals surface area contributed by atoms with Crippen molar-refractivity contribution in [3.63, 3.8) is 0 Å². The monoisotopic (exact) mass is 206 g/mol. The van der Waals surface area contributed by atoms with Gasteiger partial charge in [-0.25, -0.2) is 9.59 Å². The number of carboxylic acids is 2. The quantitative estimate of drug-likeness (QED) is 0.408. The summed E-state index contributed by atoms with van der Waals surface area (Å²) in [5.74, 6) is -3.65. The zero-order chi connectivity index (χ0) is 10.7. The van der Waals surface area contributed by atoms with Crippen molar-refractivity contribution >= 4 is 21.5 Å². The molecule has 0 aliphatic carbocycles. The van der Waals surface area contributed by atoms with Crippen LogP contribution >= 0.6 is 0 Å².